The van der Waals surface area contributed by atoms with Crippen LogP contribution >= 0.6 is 0 Å². The van der Waals surface area contributed by atoms with Crippen molar-refractivity contribution in [3.8, 4) is 11.5 Å². The van der Waals surface area contributed by atoms with Crippen molar-refractivity contribution < 1.29 is 19.0 Å². The molecule has 0 atom stereocenters. The Balaban J connectivity index is 1.89. The predicted molar refractivity (Wildman–Crippen MR) is 96.5 cm³/mol. The smallest absolute Gasteiger partial charge is 0.338 e. The van der Waals surface area contributed by atoms with Crippen LogP contribution in [0, 0.1) is 0 Å². The lowest BCUT2D eigenvalue weighted by Gasteiger charge is -2.10. The molecule has 0 saturated heterocycles. The molecule has 130 valence electrons. The van der Waals surface area contributed by atoms with Gasteiger partial charge in [-0.2, -0.15) is 0 Å². The second-order valence-electron chi connectivity index (χ2n) is 5.62. The second-order valence-corrected chi connectivity index (χ2v) is 5.62. The zero-order chi connectivity index (χ0) is 17.8. The average Bonchev–Trinajstić information content (AvgIpc) is 3.04. The molecule has 0 bridgehead atoms. The summed E-state index contributed by atoms with van der Waals surface area (Å²) < 4.78 is 17.9. The number of benzene rings is 2. The van der Waals surface area contributed by atoms with Gasteiger partial charge < -0.3 is 18.8 Å². The highest BCUT2D eigenvalue weighted by molar-refractivity contribution is 5.89. The van der Waals surface area contributed by atoms with Gasteiger partial charge in [-0.1, -0.05) is 12.1 Å². The number of carbonyl (C=O) groups excluding carboxylic acids is 1. The van der Waals surface area contributed by atoms with Gasteiger partial charge in [-0.3, -0.25) is 0 Å². The summed E-state index contributed by atoms with van der Waals surface area (Å²) in [5, 5.41) is 1.03. The summed E-state index contributed by atoms with van der Waals surface area (Å²) in [7, 11) is 3.29. The van der Waals surface area contributed by atoms with E-state index in [1.807, 2.05) is 36.5 Å². The van der Waals surface area contributed by atoms with Gasteiger partial charge in [-0.25, -0.2) is 4.79 Å². The zero-order valence-electron chi connectivity index (χ0n) is 14.6. The van der Waals surface area contributed by atoms with Crippen LogP contribution < -0.4 is 9.47 Å². The molecule has 0 spiro atoms. The molecule has 2 aromatic carbocycles. The first-order chi connectivity index (χ1) is 12.2. The van der Waals surface area contributed by atoms with Gasteiger partial charge in [0, 0.05) is 30.3 Å². The minimum absolute atomic E-state index is 0.296. The molecule has 1 heterocycles. The Morgan fingerprint density at radius 1 is 1.04 bits per heavy atom. The van der Waals surface area contributed by atoms with Crippen LogP contribution in [0.2, 0.25) is 0 Å². The summed E-state index contributed by atoms with van der Waals surface area (Å²) in [5.41, 5.74) is 2.68. The normalized spacial score (nSPS) is 10.7. The molecule has 0 aliphatic carbocycles. The van der Waals surface area contributed by atoms with Crippen molar-refractivity contribution >= 4 is 16.9 Å². The fourth-order valence-electron chi connectivity index (χ4n) is 2.82. The molecule has 1 aromatic heterocycles. The molecule has 25 heavy (non-hydrogen) atoms. The van der Waals surface area contributed by atoms with E-state index in [2.05, 4.69) is 4.57 Å². The number of esters is 1. The summed E-state index contributed by atoms with van der Waals surface area (Å²) in [6.45, 7) is 2.86. The van der Waals surface area contributed by atoms with E-state index in [1.54, 1.807) is 33.3 Å². The van der Waals surface area contributed by atoms with E-state index >= 15 is 0 Å². The predicted octanol–water partition coefficient (Wildman–Crippen LogP) is 3.88. The van der Waals surface area contributed by atoms with Crippen molar-refractivity contribution in [2.45, 2.75) is 13.5 Å². The molecule has 0 saturated carbocycles. The molecule has 0 aliphatic heterocycles. The molecule has 3 rings (SSSR count). The SMILES string of the molecule is CCOC(=O)c1ccc(Cn2ccc3c(OC)cc(OC)cc32)cc1. The van der Waals surface area contributed by atoms with Crippen LogP contribution in [0.3, 0.4) is 0 Å². The largest absolute Gasteiger partial charge is 0.497 e. The third-order valence-electron chi connectivity index (χ3n) is 4.10. The Labute approximate surface area is 146 Å². The molecular weight excluding hydrogens is 318 g/mol. The standard InChI is InChI=1S/C20H21NO4/c1-4-25-20(22)15-7-5-14(6-8-15)13-21-10-9-17-18(21)11-16(23-2)12-19(17)24-3/h5-12H,4,13H2,1-3H3. The first kappa shape index (κ1) is 16.9. The van der Waals surface area contributed by atoms with Crippen LogP contribution in [0.25, 0.3) is 10.9 Å². The van der Waals surface area contributed by atoms with E-state index in [9.17, 15) is 4.79 Å². The summed E-state index contributed by atoms with van der Waals surface area (Å²) in [6, 6.07) is 13.4. The van der Waals surface area contributed by atoms with Crippen LogP contribution in [0.4, 0.5) is 0 Å². The van der Waals surface area contributed by atoms with E-state index in [1.165, 1.54) is 0 Å². The third kappa shape index (κ3) is 3.45. The molecule has 0 radical (unpaired) electrons. The van der Waals surface area contributed by atoms with E-state index in [-0.39, 0.29) is 5.97 Å². The topological polar surface area (TPSA) is 49.7 Å². The number of aromatic nitrogens is 1. The minimum atomic E-state index is -0.296. The zero-order valence-corrected chi connectivity index (χ0v) is 14.6. The molecule has 5 nitrogen and oxygen atoms in total. The highest BCUT2D eigenvalue weighted by Crippen LogP contribution is 2.32. The number of ether oxygens (including phenoxy) is 3. The maximum absolute atomic E-state index is 11.7. The second kappa shape index (κ2) is 7.30. The average molecular weight is 339 g/mol. The number of carbonyl (C=O) groups is 1. The number of fused-ring (bicyclic) bond motifs is 1. The van der Waals surface area contributed by atoms with Gasteiger partial charge in [-0.05, 0) is 30.7 Å². The summed E-state index contributed by atoms with van der Waals surface area (Å²) in [5.74, 6) is 1.24. The number of nitrogens with zero attached hydrogens (tertiary/aromatic N) is 1. The lowest BCUT2D eigenvalue weighted by atomic mass is 10.1. The van der Waals surface area contributed by atoms with Gasteiger partial charge in [-0.15, -0.1) is 0 Å². The highest BCUT2D eigenvalue weighted by Gasteiger charge is 2.10. The maximum Gasteiger partial charge on any atom is 0.338 e. The lowest BCUT2D eigenvalue weighted by Crippen LogP contribution is -2.05. The third-order valence-corrected chi connectivity index (χ3v) is 4.10. The van der Waals surface area contributed by atoms with Gasteiger partial charge in [0.15, 0.2) is 0 Å². The molecule has 0 fully saturated rings. The molecule has 5 heteroatoms. The van der Waals surface area contributed by atoms with Gasteiger partial charge >= 0.3 is 5.97 Å². The molecule has 0 amide bonds. The van der Waals surface area contributed by atoms with Crippen molar-refractivity contribution in [2.24, 2.45) is 0 Å². The van der Waals surface area contributed by atoms with Crippen LogP contribution in [0.5, 0.6) is 11.5 Å². The number of rotatable bonds is 6. The fraction of sp³-hybridized carbons (Fsp3) is 0.250. The first-order valence-corrected chi connectivity index (χ1v) is 8.13. The highest BCUT2D eigenvalue weighted by atomic mass is 16.5. The van der Waals surface area contributed by atoms with Crippen molar-refractivity contribution in [1.82, 2.24) is 4.57 Å². The molecule has 3 aromatic rings. The Morgan fingerprint density at radius 2 is 1.80 bits per heavy atom. The van der Waals surface area contributed by atoms with Crippen LogP contribution in [0.1, 0.15) is 22.8 Å². The van der Waals surface area contributed by atoms with Crippen molar-refractivity contribution in [3.05, 3.63) is 59.8 Å². The maximum atomic E-state index is 11.7. The number of hydrogen-bond donors (Lipinski definition) is 0. The molecule has 0 unspecified atom stereocenters. The molecule has 0 aliphatic rings. The van der Waals surface area contributed by atoms with Crippen molar-refractivity contribution in [2.75, 3.05) is 20.8 Å². The Morgan fingerprint density at radius 3 is 2.44 bits per heavy atom. The first-order valence-electron chi connectivity index (χ1n) is 8.13. The van der Waals surface area contributed by atoms with E-state index in [0.29, 0.717) is 18.7 Å². The van der Waals surface area contributed by atoms with Crippen LogP contribution in [0.15, 0.2) is 48.7 Å². The van der Waals surface area contributed by atoms with Gasteiger partial charge in [0.2, 0.25) is 0 Å². The van der Waals surface area contributed by atoms with Gasteiger partial charge in [0.1, 0.15) is 11.5 Å². The van der Waals surface area contributed by atoms with Crippen molar-refractivity contribution in [1.29, 1.82) is 0 Å². The molecular formula is C20H21NO4. The summed E-state index contributed by atoms with van der Waals surface area (Å²) in [6.07, 6.45) is 2.02. The Hall–Kier alpha value is -2.95. The minimum Gasteiger partial charge on any atom is -0.497 e. The fourth-order valence-corrected chi connectivity index (χ4v) is 2.82. The number of methoxy groups -OCH3 is 2. The molecule has 0 N–H and O–H groups in total. The Kier molecular flexibility index (Phi) is 4.93. The van der Waals surface area contributed by atoms with Crippen LogP contribution in [-0.4, -0.2) is 31.4 Å². The quantitative estimate of drug-likeness (QED) is 0.640. The van der Waals surface area contributed by atoms with E-state index < -0.39 is 0 Å². The number of hydrogen-bond acceptors (Lipinski definition) is 4. The summed E-state index contributed by atoms with van der Waals surface area (Å²) in [4.78, 5) is 11.7. The van der Waals surface area contributed by atoms with Crippen LogP contribution in [-0.2, 0) is 11.3 Å². The van der Waals surface area contributed by atoms with E-state index in [0.717, 1.165) is 28.0 Å². The Bertz CT molecular complexity index is 881. The monoisotopic (exact) mass is 339 g/mol. The van der Waals surface area contributed by atoms with Crippen molar-refractivity contribution in [3.63, 3.8) is 0 Å². The van der Waals surface area contributed by atoms with E-state index in [4.69, 9.17) is 14.2 Å². The summed E-state index contributed by atoms with van der Waals surface area (Å²) >= 11 is 0. The van der Waals surface area contributed by atoms with Gasteiger partial charge in [0.05, 0.1) is 31.9 Å². The van der Waals surface area contributed by atoms with Gasteiger partial charge in [0.25, 0.3) is 0 Å². The lowest BCUT2D eigenvalue weighted by molar-refractivity contribution is 0.0526.